The number of alkyl halides is 1. The van der Waals surface area contributed by atoms with Crippen LogP contribution in [0, 0.1) is 11.8 Å². The SMILES string of the molecule is CCC1C2=C(N(CC)C(=O)C1C(=O)O)C(Br)(OC)CC=C2. The van der Waals surface area contributed by atoms with Gasteiger partial charge in [-0.25, -0.2) is 0 Å². The van der Waals surface area contributed by atoms with Crippen LogP contribution in [0.15, 0.2) is 23.4 Å². The van der Waals surface area contributed by atoms with E-state index in [1.807, 2.05) is 26.0 Å². The zero-order valence-corrected chi connectivity index (χ0v) is 14.0. The number of carbonyl (C=O) groups is 2. The number of rotatable bonds is 4. The summed E-state index contributed by atoms with van der Waals surface area (Å²) in [5.41, 5.74) is 1.64. The average molecular weight is 358 g/mol. The fourth-order valence-corrected chi connectivity index (χ4v) is 3.87. The van der Waals surface area contributed by atoms with Crippen LogP contribution < -0.4 is 0 Å². The standard InChI is InChI=1S/C15H20BrNO4/c1-4-9-10-7-6-8-15(16,21-3)12(10)17(5-2)13(18)11(9)14(19)20/h6-7,9,11H,4-5,8H2,1-3H3,(H,19,20). The van der Waals surface area contributed by atoms with E-state index in [1.165, 1.54) is 0 Å². The number of amides is 1. The Morgan fingerprint density at radius 3 is 2.71 bits per heavy atom. The highest BCUT2D eigenvalue weighted by Crippen LogP contribution is 2.47. The molecule has 0 spiro atoms. The second kappa shape index (κ2) is 5.93. The first-order chi connectivity index (χ1) is 9.91. The lowest BCUT2D eigenvalue weighted by molar-refractivity contribution is -0.154. The third-order valence-corrected chi connectivity index (χ3v) is 5.28. The molecule has 3 unspecified atom stereocenters. The number of carboxylic acid groups (broad SMARTS) is 1. The van der Waals surface area contributed by atoms with Crippen molar-refractivity contribution in [2.75, 3.05) is 13.7 Å². The molecule has 116 valence electrons. The van der Waals surface area contributed by atoms with Crippen LogP contribution in [0.4, 0.5) is 0 Å². The molecule has 21 heavy (non-hydrogen) atoms. The number of allylic oxidation sites excluding steroid dienone is 2. The van der Waals surface area contributed by atoms with Crippen LogP contribution in [-0.2, 0) is 14.3 Å². The molecule has 0 fully saturated rings. The van der Waals surface area contributed by atoms with Crippen LogP contribution in [-0.4, -0.2) is 40.0 Å². The largest absolute Gasteiger partial charge is 0.481 e. The second-order valence-electron chi connectivity index (χ2n) is 5.26. The topological polar surface area (TPSA) is 66.8 Å². The number of hydrogen-bond donors (Lipinski definition) is 1. The third kappa shape index (κ3) is 2.44. The minimum absolute atomic E-state index is 0.323. The Kier molecular flexibility index (Phi) is 4.58. The van der Waals surface area contributed by atoms with Gasteiger partial charge in [0.15, 0.2) is 4.51 Å². The minimum atomic E-state index is -1.06. The number of ether oxygens (including phenoxy) is 1. The van der Waals surface area contributed by atoms with E-state index in [1.54, 1.807) is 12.0 Å². The van der Waals surface area contributed by atoms with Crippen molar-refractivity contribution in [1.82, 2.24) is 4.90 Å². The smallest absolute Gasteiger partial charge is 0.316 e. The molecule has 2 rings (SSSR count). The van der Waals surface area contributed by atoms with Crippen molar-refractivity contribution in [3.05, 3.63) is 23.4 Å². The zero-order chi connectivity index (χ0) is 15.8. The molecule has 1 amide bonds. The molecule has 3 atom stereocenters. The van der Waals surface area contributed by atoms with Gasteiger partial charge in [-0.1, -0.05) is 19.1 Å². The van der Waals surface area contributed by atoms with Crippen LogP contribution in [0.25, 0.3) is 0 Å². The van der Waals surface area contributed by atoms with Crippen molar-refractivity contribution in [3.63, 3.8) is 0 Å². The molecule has 0 saturated carbocycles. The van der Waals surface area contributed by atoms with E-state index in [-0.39, 0.29) is 11.8 Å². The first kappa shape index (κ1) is 16.2. The van der Waals surface area contributed by atoms with E-state index in [9.17, 15) is 14.7 Å². The summed E-state index contributed by atoms with van der Waals surface area (Å²) in [7, 11) is 1.58. The molecule has 0 aromatic rings. The maximum absolute atomic E-state index is 12.6. The van der Waals surface area contributed by atoms with Crippen LogP contribution in [0.1, 0.15) is 26.7 Å². The number of hydrogen-bond acceptors (Lipinski definition) is 3. The van der Waals surface area contributed by atoms with Crippen LogP contribution in [0.3, 0.4) is 0 Å². The quantitative estimate of drug-likeness (QED) is 0.620. The lowest BCUT2D eigenvalue weighted by atomic mass is 9.75. The van der Waals surface area contributed by atoms with Gasteiger partial charge in [0, 0.05) is 26.0 Å². The highest BCUT2D eigenvalue weighted by atomic mass is 79.9. The molecular formula is C15H20BrNO4. The number of carboxylic acids is 1. The molecule has 0 aromatic heterocycles. The Balaban J connectivity index is 2.66. The predicted octanol–water partition coefficient (Wildman–Crippen LogP) is 2.53. The fraction of sp³-hybridized carbons (Fsp3) is 0.600. The number of nitrogens with zero attached hydrogens (tertiary/aromatic N) is 1. The number of carbonyl (C=O) groups excluding carboxylic acids is 1. The highest BCUT2D eigenvalue weighted by Gasteiger charge is 2.50. The Morgan fingerprint density at radius 2 is 2.24 bits per heavy atom. The average Bonchev–Trinajstić information content (AvgIpc) is 2.46. The Bertz CT molecular complexity index is 528. The molecule has 0 aromatic carbocycles. The van der Waals surface area contributed by atoms with E-state index in [0.717, 1.165) is 11.3 Å². The summed E-state index contributed by atoms with van der Waals surface area (Å²) in [6.07, 6.45) is 5.09. The van der Waals surface area contributed by atoms with Crippen molar-refractivity contribution >= 4 is 27.8 Å². The minimum Gasteiger partial charge on any atom is -0.481 e. The summed E-state index contributed by atoms with van der Waals surface area (Å²) in [6.45, 7) is 4.17. The molecule has 0 saturated heterocycles. The normalized spacial score (nSPS) is 32.4. The van der Waals surface area contributed by atoms with Gasteiger partial charge in [0.2, 0.25) is 5.91 Å². The van der Waals surface area contributed by atoms with Gasteiger partial charge in [-0.15, -0.1) is 0 Å². The van der Waals surface area contributed by atoms with Crippen LogP contribution >= 0.6 is 15.9 Å². The molecule has 5 nitrogen and oxygen atoms in total. The van der Waals surface area contributed by atoms with E-state index < -0.39 is 16.4 Å². The van der Waals surface area contributed by atoms with Crippen LogP contribution in [0.5, 0.6) is 0 Å². The summed E-state index contributed by atoms with van der Waals surface area (Å²) in [6, 6.07) is 0. The molecular weight excluding hydrogens is 338 g/mol. The van der Waals surface area contributed by atoms with Crippen LogP contribution in [0.2, 0.25) is 0 Å². The maximum Gasteiger partial charge on any atom is 0.316 e. The Morgan fingerprint density at radius 1 is 1.57 bits per heavy atom. The molecule has 1 aliphatic carbocycles. The van der Waals surface area contributed by atoms with Crippen molar-refractivity contribution in [2.45, 2.75) is 31.2 Å². The van der Waals surface area contributed by atoms with Gasteiger partial charge in [-0.3, -0.25) is 9.59 Å². The zero-order valence-electron chi connectivity index (χ0n) is 12.4. The van der Waals surface area contributed by atoms with Gasteiger partial charge in [0.05, 0.1) is 5.70 Å². The van der Waals surface area contributed by atoms with Crippen molar-refractivity contribution in [2.24, 2.45) is 11.8 Å². The molecule has 1 N–H and O–H groups in total. The summed E-state index contributed by atoms with van der Waals surface area (Å²) in [5.74, 6) is -2.76. The van der Waals surface area contributed by atoms with Gasteiger partial charge < -0.3 is 14.7 Å². The molecule has 0 bridgehead atoms. The van der Waals surface area contributed by atoms with E-state index >= 15 is 0 Å². The summed E-state index contributed by atoms with van der Waals surface area (Å²) < 4.78 is 4.82. The number of aliphatic carboxylic acids is 1. The number of halogens is 1. The highest BCUT2D eigenvalue weighted by molar-refractivity contribution is 9.10. The lowest BCUT2D eigenvalue weighted by Gasteiger charge is -2.45. The van der Waals surface area contributed by atoms with Gasteiger partial charge in [0.1, 0.15) is 5.92 Å². The van der Waals surface area contributed by atoms with Crippen molar-refractivity contribution in [3.8, 4) is 0 Å². The first-order valence-corrected chi connectivity index (χ1v) is 7.90. The Labute approximate surface area is 132 Å². The third-order valence-electron chi connectivity index (χ3n) is 4.25. The van der Waals surface area contributed by atoms with Gasteiger partial charge >= 0.3 is 5.97 Å². The predicted molar refractivity (Wildman–Crippen MR) is 81.7 cm³/mol. The monoisotopic (exact) mass is 357 g/mol. The van der Waals surface area contributed by atoms with Crippen molar-refractivity contribution < 1.29 is 19.4 Å². The van der Waals surface area contributed by atoms with E-state index in [0.29, 0.717) is 19.4 Å². The maximum atomic E-state index is 12.6. The van der Waals surface area contributed by atoms with E-state index in [4.69, 9.17) is 4.74 Å². The molecule has 2 aliphatic rings. The van der Waals surface area contributed by atoms with Crippen molar-refractivity contribution in [1.29, 1.82) is 0 Å². The summed E-state index contributed by atoms with van der Waals surface area (Å²) in [4.78, 5) is 25.7. The fourth-order valence-electron chi connectivity index (χ4n) is 3.24. The number of methoxy groups -OCH3 is 1. The first-order valence-electron chi connectivity index (χ1n) is 7.10. The van der Waals surface area contributed by atoms with Gasteiger partial charge in [0.25, 0.3) is 0 Å². The van der Waals surface area contributed by atoms with Gasteiger partial charge in [-0.2, -0.15) is 0 Å². The summed E-state index contributed by atoms with van der Waals surface area (Å²) >= 11 is 3.59. The second-order valence-corrected chi connectivity index (χ2v) is 6.54. The molecule has 0 radical (unpaired) electrons. The summed E-state index contributed by atoms with van der Waals surface area (Å²) in [5, 5.41) is 9.46. The Hall–Kier alpha value is -1.14. The van der Waals surface area contributed by atoms with E-state index in [2.05, 4.69) is 15.9 Å². The lowest BCUT2D eigenvalue weighted by Crippen LogP contribution is -2.52. The number of likely N-dealkylation sites (N-methyl/N-ethyl adjacent to an activating group) is 1. The molecule has 1 aliphatic heterocycles. The molecule has 6 heteroatoms. The molecule has 1 heterocycles. The van der Waals surface area contributed by atoms with Gasteiger partial charge in [-0.05, 0) is 34.8 Å².